The fourth-order valence-electron chi connectivity index (χ4n) is 3.54. The molecule has 7 heteroatoms. The van der Waals surface area contributed by atoms with Crippen molar-refractivity contribution in [3.63, 3.8) is 0 Å². The second-order valence-corrected chi connectivity index (χ2v) is 6.90. The van der Waals surface area contributed by atoms with Crippen LogP contribution in [0.25, 0.3) is 0 Å². The predicted octanol–water partition coefficient (Wildman–Crippen LogP) is 4.16. The highest BCUT2D eigenvalue weighted by Crippen LogP contribution is 2.34. The normalized spacial score (nSPS) is 12.9. The van der Waals surface area contributed by atoms with Crippen LogP contribution in [-0.2, 0) is 6.54 Å². The Morgan fingerprint density at radius 1 is 1.03 bits per heavy atom. The van der Waals surface area contributed by atoms with Crippen molar-refractivity contribution in [2.45, 2.75) is 6.54 Å². The number of hydrogen-bond donors (Lipinski definition) is 1. The average molecular weight is 404 g/mol. The molecule has 1 aromatic heterocycles. The molecule has 4 rings (SSSR count). The summed E-state index contributed by atoms with van der Waals surface area (Å²) in [5, 5.41) is 2.95. The Hall–Kier alpha value is -3.74. The Morgan fingerprint density at radius 3 is 2.63 bits per heavy atom. The fraction of sp³-hybridized carbons (Fsp3) is 0.217. The lowest BCUT2D eigenvalue weighted by atomic mass is 10.2. The molecular weight excluding hydrogens is 380 g/mol. The second kappa shape index (κ2) is 8.73. The van der Waals surface area contributed by atoms with Gasteiger partial charge in [-0.2, -0.15) is 0 Å². The number of amides is 2. The number of fused-ring (bicyclic) bond motifs is 1. The number of nitrogens with one attached hydrogen (secondary N) is 1. The number of methoxy groups -OCH3 is 2. The molecule has 2 heterocycles. The zero-order chi connectivity index (χ0) is 20.9. The number of carbonyl (C=O) groups excluding carboxylic acids is 1. The second-order valence-electron chi connectivity index (χ2n) is 6.90. The summed E-state index contributed by atoms with van der Waals surface area (Å²) < 4.78 is 10.6. The van der Waals surface area contributed by atoms with E-state index in [2.05, 4.69) is 27.3 Å². The van der Waals surface area contributed by atoms with Gasteiger partial charge in [-0.25, -0.2) is 9.78 Å². The van der Waals surface area contributed by atoms with Crippen LogP contribution >= 0.6 is 0 Å². The Morgan fingerprint density at radius 2 is 1.87 bits per heavy atom. The number of aromatic nitrogens is 1. The third-order valence-electron chi connectivity index (χ3n) is 5.06. The van der Waals surface area contributed by atoms with E-state index in [9.17, 15) is 4.79 Å². The minimum Gasteiger partial charge on any atom is -0.497 e. The minimum atomic E-state index is -0.230. The van der Waals surface area contributed by atoms with E-state index in [0.29, 0.717) is 30.3 Å². The lowest BCUT2D eigenvalue weighted by Crippen LogP contribution is -2.46. The van der Waals surface area contributed by atoms with E-state index in [1.165, 1.54) is 5.56 Å². The molecule has 0 aliphatic carbocycles. The molecule has 0 bridgehead atoms. The zero-order valence-electron chi connectivity index (χ0n) is 17.0. The molecule has 2 amide bonds. The van der Waals surface area contributed by atoms with Crippen LogP contribution < -0.4 is 24.6 Å². The zero-order valence-corrected chi connectivity index (χ0v) is 17.0. The molecule has 1 aliphatic rings. The Kier molecular flexibility index (Phi) is 5.70. The number of urea groups is 1. The Bertz CT molecular complexity index is 1030. The summed E-state index contributed by atoms with van der Waals surface area (Å²) >= 11 is 0. The summed E-state index contributed by atoms with van der Waals surface area (Å²) in [5.74, 6) is 2.00. The summed E-state index contributed by atoms with van der Waals surface area (Å²) in [7, 11) is 3.15. The molecule has 0 fully saturated rings. The van der Waals surface area contributed by atoms with E-state index in [4.69, 9.17) is 9.47 Å². The van der Waals surface area contributed by atoms with E-state index < -0.39 is 0 Å². The number of hydrogen-bond acceptors (Lipinski definition) is 5. The van der Waals surface area contributed by atoms with Crippen molar-refractivity contribution in [1.29, 1.82) is 0 Å². The quantitative estimate of drug-likeness (QED) is 0.692. The maximum absolute atomic E-state index is 13.1. The monoisotopic (exact) mass is 404 g/mol. The summed E-state index contributed by atoms with van der Waals surface area (Å²) in [6.07, 6.45) is 1.75. The molecule has 30 heavy (non-hydrogen) atoms. The molecule has 0 atom stereocenters. The lowest BCUT2D eigenvalue weighted by Gasteiger charge is -2.36. The van der Waals surface area contributed by atoms with Gasteiger partial charge in [-0.1, -0.05) is 30.3 Å². The van der Waals surface area contributed by atoms with Crippen LogP contribution in [0.1, 0.15) is 5.56 Å². The van der Waals surface area contributed by atoms with Gasteiger partial charge in [-0.3, -0.25) is 4.90 Å². The van der Waals surface area contributed by atoms with Gasteiger partial charge in [0.05, 0.1) is 25.6 Å². The maximum atomic E-state index is 13.1. The standard InChI is InChI=1S/C23H24N4O3/c1-29-18-10-11-19(21(15-18)30-2)25-23(28)27-14-13-26(16-17-7-4-3-5-8-17)22-20(27)9-6-12-24-22/h3-12,15H,13-14,16H2,1-2H3,(H,25,28). The lowest BCUT2D eigenvalue weighted by molar-refractivity contribution is 0.256. The van der Waals surface area contributed by atoms with Crippen molar-refractivity contribution < 1.29 is 14.3 Å². The van der Waals surface area contributed by atoms with Gasteiger partial charge in [-0.15, -0.1) is 0 Å². The highest BCUT2D eigenvalue weighted by Gasteiger charge is 2.28. The molecule has 1 N–H and O–H groups in total. The van der Waals surface area contributed by atoms with Crippen molar-refractivity contribution in [3.8, 4) is 11.5 Å². The molecular formula is C23H24N4O3. The van der Waals surface area contributed by atoms with Crippen LogP contribution in [-0.4, -0.2) is 38.3 Å². The van der Waals surface area contributed by atoms with E-state index in [1.807, 2.05) is 30.3 Å². The van der Waals surface area contributed by atoms with Gasteiger partial charge in [0.25, 0.3) is 0 Å². The first-order valence-corrected chi connectivity index (χ1v) is 9.74. The van der Waals surface area contributed by atoms with Gasteiger partial charge in [-0.05, 0) is 29.8 Å². The average Bonchev–Trinajstić information content (AvgIpc) is 2.80. The highest BCUT2D eigenvalue weighted by molar-refractivity contribution is 6.04. The highest BCUT2D eigenvalue weighted by atomic mass is 16.5. The first-order valence-electron chi connectivity index (χ1n) is 9.74. The molecule has 2 aromatic carbocycles. The smallest absolute Gasteiger partial charge is 0.326 e. The van der Waals surface area contributed by atoms with Crippen LogP contribution in [0, 0.1) is 0 Å². The molecule has 0 saturated heterocycles. The van der Waals surface area contributed by atoms with Crippen LogP contribution in [0.15, 0.2) is 66.9 Å². The van der Waals surface area contributed by atoms with Crippen molar-refractivity contribution in [1.82, 2.24) is 4.98 Å². The summed E-state index contributed by atoms with van der Waals surface area (Å²) in [5.41, 5.74) is 2.57. The van der Waals surface area contributed by atoms with Crippen LogP contribution in [0.4, 0.5) is 22.0 Å². The molecule has 7 nitrogen and oxygen atoms in total. The molecule has 1 aliphatic heterocycles. The minimum absolute atomic E-state index is 0.230. The number of benzene rings is 2. The van der Waals surface area contributed by atoms with Gasteiger partial charge in [0.2, 0.25) is 0 Å². The first-order chi connectivity index (χ1) is 14.7. The Labute approximate surface area is 175 Å². The number of anilines is 3. The van der Waals surface area contributed by atoms with Gasteiger partial charge in [0.1, 0.15) is 11.5 Å². The van der Waals surface area contributed by atoms with Crippen molar-refractivity contribution in [3.05, 3.63) is 72.4 Å². The first kappa shape index (κ1) is 19.6. The number of carbonyl (C=O) groups is 1. The predicted molar refractivity (Wildman–Crippen MR) is 118 cm³/mol. The van der Waals surface area contributed by atoms with Gasteiger partial charge < -0.3 is 19.7 Å². The number of ether oxygens (including phenoxy) is 2. The fourth-order valence-corrected chi connectivity index (χ4v) is 3.54. The van der Waals surface area contributed by atoms with E-state index in [1.54, 1.807) is 43.5 Å². The van der Waals surface area contributed by atoms with E-state index in [-0.39, 0.29) is 6.03 Å². The molecule has 0 spiro atoms. The summed E-state index contributed by atoms with van der Waals surface area (Å²) in [6, 6.07) is 19.1. The van der Waals surface area contributed by atoms with Gasteiger partial charge >= 0.3 is 6.03 Å². The molecule has 3 aromatic rings. The van der Waals surface area contributed by atoms with Crippen molar-refractivity contribution >= 4 is 23.2 Å². The molecule has 154 valence electrons. The number of rotatable bonds is 5. The third-order valence-corrected chi connectivity index (χ3v) is 5.06. The van der Waals surface area contributed by atoms with Crippen LogP contribution in [0.3, 0.4) is 0 Å². The Balaban J connectivity index is 1.56. The molecule has 0 saturated carbocycles. The molecule has 0 unspecified atom stereocenters. The third kappa shape index (κ3) is 4.00. The van der Waals surface area contributed by atoms with Gasteiger partial charge in [0.15, 0.2) is 5.82 Å². The van der Waals surface area contributed by atoms with E-state index >= 15 is 0 Å². The van der Waals surface area contributed by atoms with Crippen LogP contribution in [0.5, 0.6) is 11.5 Å². The maximum Gasteiger partial charge on any atom is 0.326 e. The van der Waals surface area contributed by atoms with Crippen LogP contribution in [0.2, 0.25) is 0 Å². The van der Waals surface area contributed by atoms with E-state index in [0.717, 1.165) is 18.1 Å². The topological polar surface area (TPSA) is 66.9 Å². The van der Waals surface area contributed by atoms with Crippen molar-refractivity contribution in [2.75, 3.05) is 42.4 Å². The summed E-state index contributed by atoms with van der Waals surface area (Å²) in [4.78, 5) is 21.6. The SMILES string of the molecule is COc1ccc(NC(=O)N2CCN(Cc3ccccc3)c3ncccc32)c(OC)c1. The van der Waals surface area contributed by atoms with Crippen molar-refractivity contribution in [2.24, 2.45) is 0 Å². The van der Waals surface area contributed by atoms with Gasteiger partial charge in [0, 0.05) is 31.9 Å². The number of nitrogens with zero attached hydrogens (tertiary/aromatic N) is 3. The largest absolute Gasteiger partial charge is 0.497 e. The summed E-state index contributed by atoms with van der Waals surface area (Å²) in [6.45, 7) is 1.98. The number of pyridine rings is 1. The molecule has 0 radical (unpaired) electrons.